The number of rotatable bonds is 3. The molecule has 0 saturated carbocycles. The van der Waals surface area contributed by atoms with Crippen LogP contribution < -0.4 is 5.73 Å². The molecular formula is C17H16F3N3. The number of nitrogens with zero attached hydrogens (tertiary/aromatic N) is 2. The third kappa shape index (κ3) is 2.88. The molecule has 0 saturated heterocycles. The third-order valence-electron chi connectivity index (χ3n) is 3.80. The van der Waals surface area contributed by atoms with Crippen molar-refractivity contribution < 1.29 is 13.2 Å². The predicted octanol–water partition coefficient (Wildman–Crippen LogP) is 4.25. The fourth-order valence-electron chi connectivity index (χ4n) is 2.77. The van der Waals surface area contributed by atoms with E-state index in [9.17, 15) is 13.2 Å². The summed E-state index contributed by atoms with van der Waals surface area (Å²) in [6.45, 7) is 2.51. The van der Waals surface area contributed by atoms with Gasteiger partial charge in [-0.25, -0.2) is 4.98 Å². The lowest BCUT2D eigenvalue weighted by molar-refractivity contribution is -0.137. The summed E-state index contributed by atoms with van der Waals surface area (Å²) in [5, 5.41) is 0. The Morgan fingerprint density at radius 2 is 1.83 bits per heavy atom. The highest BCUT2D eigenvalue weighted by Crippen LogP contribution is 2.34. The first kappa shape index (κ1) is 15.4. The smallest absolute Gasteiger partial charge is 0.397 e. The molecule has 0 spiro atoms. The molecule has 0 aliphatic carbocycles. The van der Waals surface area contributed by atoms with Gasteiger partial charge in [-0.2, -0.15) is 13.2 Å². The van der Waals surface area contributed by atoms with Gasteiger partial charge in [0.2, 0.25) is 0 Å². The van der Waals surface area contributed by atoms with Gasteiger partial charge in [-0.1, -0.05) is 30.3 Å². The number of alkyl halides is 3. The second-order valence-corrected chi connectivity index (χ2v) is 5.37. The minimum atomic E-state index is -4.43. The van der Waals surface area contributed by atoms with E-state index < -0.39 is 11.7 Å². The third-order valence-corrected chi connectivity index (χ3v) is 3.80. The lowest BCUT2D eigenvalue weighted by atomic mass is 10.1. The van der Waals surface area contributed by atoms with E-state index in [0.717, 1.165) is 17.7 Å². The normalized spacial score (nSPS) is 12.0. The van der Waals surface area contributed by atoms with Crippen LogP contribution in [0.5, 0.6) is 0 Å². The van der Waals surface area contributed by atoms with E-state index in [4.69, 9.17) is 5.73 Å². The Balaban J connectivity index is 2.14. The topological polar surface area (TPSA) is 43.8 Å². The van der Waals surface area contributed by atoms with Crippen molar-refractivity contribution in [2.24, 2.45) is 0 Å². The molecule has 0 bridgehead atoms. The summed E-state index contributed by atoms with van der Waals surface area (Å²) in [6.07, 6.45) is -3.89. The maximum absolute atomic E-state index is 12.9. The number of imidazole rings is 1. The first-order valence-corrected chi connectivity index (χ1v) is 7.30. The van der Waals surface area contributed by atoms with Crippen LogP contribution in [0.1, 0.15) is 23.9 Å². The molecule has 23 heavy (non-hydrogen) atoms. The summed E-state index contributed by atoms with van der Waals surface area (Å²) in [6, 6.07) is 11.7. The number of benzene rings is 2. The van der Waals surface area contributed by atoms with E-state index in [0.29, 0.717) is 24.3 Å². The van der Waals surface area contributed by atoms with Gasteiger partial charge in [0.1, 0.15) is 5.82 Å². The van der Waals surface area contributed by atoms with Crippen molar-refractivity contribution in [3.63, 3.8) is 0 Å². The van der Waals surface area contributed by atoms with E-state index >= 15 is 0 Å². The van der Waals surface area contributed by atoms with E-state index in [1.54, 1.807) is 0 Å². The highest BCUT2D eigenvalue weighted by molar-refractivity contribution is 5.89. The van der Waals surface area contributed by atoms with Crippen molar-refractivity contribution in [3.8, 4) is 0 Å². The number of anilines is 1. The average Bonchev–Trinajstić information content (AvgIpc) is 2.85. The quantitative estimate of drug-likeness (QED) is 0.734. The minimum Gasteiger partial charge on any atom is -0.397 e. The Kier molecular flexibility index (Phi) is 3.75. The van der Waals surface area contributed by atoms with Crippen LogP contribution in [0.25, 0.3) is 11.0 Å². The van der Waals surface area contributed by atoms with Gasteiger partial charge in [-0.05, 0) is 24.6 Å². The largest absolute Gasteiger partial charge is 0.416 e. The van der Waals surface area contributed by atoms with E-state index in [1.165, 1.54) is 0 Å². The fraction of sp³-hybridized carbons (Fsp3) is 0.235. The van der Waals surface area contributed by atoms with Gasteiger partial charge in [0, 0.05) is 13.0 Å². The van der Waals surface area contributed by atoms with Gasteiger partial charge in [0.25, 0.3) is 0 Å². The molecule has 1 aromatic heterocycles. The zero-order valence-electron chi connectivity index (χ0n) is 12.6. The van der Waals surface area contributed by atoms with Crippen molar-refractivity contribution in [2.75, 3.05) is 5.73 Å². The van der Waals surface area contributed by atoms with Gasteiger partial charge < -0.3 is 10.3 Å². The fourth-order valence-corrected chi connectivity index (χ4v) is 2.77. The summed E-state index contributed by atoms with van der Waals surface area (Å²) < 4.78 is 40.7. The second kappa shape index (κ2) is 5.61. The molecule has 0 atom stereocenters. The van der Waals surface area contributed by atoms with Gasteiger partial charge in [-0.3, -0.25) is 0 Å². The Hall–Kier alpha value is -2.50. The summed E-state index contributed by atoms with van der Waals surface area (Å²) in [7, 11) is 0. The molecule has 0 amide bonds. The summed E-state index contributed by atoms with van der Waals surface area (Å²) >= 11 is 0. The molecule has 0 aliphatic heterocycles. The molecule has 3 nitrogen and oxygen atoms in total. The molecule has 0 unspecified atom stereocenters. The number of aromatic nitrogens is 2. The van der Waals surface area contributed by atoms with Crippen molar-refractivity contribution in [1.82, 2.24) is 9.55 Å². The van der Waals surface area contributed by atoms with Crippen LogP contribution in [-0.4, -0.2) is 9.55 Å². The molecule has 2 N–H and O–H groups in total. The highest BCUT2D eigenvalue weighted by atomic mass is 19.4. The molecular weight excluding hydrogens is 303 g/mol. The standard InChI is InChI=1S/C17H16F3N3/c1-2-23-15(8-11-6-4-3-5-7-11)22-14-10-12(17(18,19)20)9-13(21)16(14)23/h3-7,9-10H,2,8,21H2,1H3. The van der Waals surface area contributed by atoms with E-state index in [2.05, 4.69) is 4.98 Å². The first-order chi connectivity index (χ1) is 10.9. The van der Waals surface area contributed by atoms with Crippen molar-refractivity contribution in [3.05, 3.63) is 59.4 Å². The zero-order chi connectivity index (χ0) is 16.6. The SMILES string of the molecule is CCn1c(Cc2ccccc2)nc2cc(C(F)(F)F)cc(N)c21. The average molecular weight is 319 g/mol. The summed E-state index contributed by atoms with van der Waals surface area (Å²) in [4.78, 5) is 4.40. The summed E-state index contributed by atoms with van der Waals surface area (Å²) in [5.74, 6) is 0.708. The van der Waals surface area contributed by atoms with Crippen LogP contribution in [0.4, 0.5) is 18.9 Å². The zero-order valence-corrected chi connectivity index (χ0v) is 12.6. The number of hydrogen-bond acceptors (Lipinski definition) is 2. The molecule has 0 aliphatic rings. The van der Waals surface area contributed by atoms with E-state index in [-0.39, 0.29) is 11.2 Å². The van der Waals surface area contributed by atoms with Crippen LogP contribution in [0.3, 0.4) is 0 Å². The van der Waals surface area contributed by atoms with Gasteiger partial charge in [0.05, 0.1) is 22.3 Å². The molecule has 6 heteroatoms. The number of hydrogen-bond donors (Lipinski definition) is 1. The monoisotopic (exact) mass is 319 g/mol. The second-order valence-electron chi connectivity index (χ2n) is 5.37. The molecule has 120 valence electrons. The number of aryl methyl sites for hydroxylation is 1. The summed E-state index contributed by atoms with van der Waals surface area (Å²) in [5.41, 5.74) is 7.10. The lowest BCUT2D eigenvalue weighted by Crippen LogP contribution is -2.07. The van der Waals surface area contributed by atoms with Crippen LogP contribution in [0.2, 0.25) is 0 Å². The maximum Gasteiger partial charge on any atom is 0.416 e. The molecule has 3 aromatic rings. The first-order valence-electron chi connectivity index (χ1n) is 7.30. The highest BCUT2D eigenvalue weighted by Gasteiger charge is 2.32. The predicted molar refractivity (Wildman–Crippen MR) is 84.1 cm³/mol. The Morgan fingerprint density at radius 3 is 2.43 bits per heavy atom. The van der Waals surface area contributed by atoms with Crippen molar-refractivity contribution in [1.29, 1.82) is 0 Å². The number of nitrogens with two attached hydrogens (primary N) is 1. The Bertz CT molecular complexity index is 836. The van der Waals surface area contributed by atoms with E-state index in [1.807, 2.05) is 41.8 Å². The minimum absolute atomic E-state index is 0.100. The van der Waals surface area contributed by atoms with Gasteiger partial charge >= 0.3 is 6.18 Å². The number of fused-ring (bicyclic) bond motifs is 1. The van der Waals surface area contributed by atoms with Crippen LogP contribution in [0, 0.1) is 0 Å². The number of halogens is 3. The van der Waals surface area contributed by atoms with Crippen LogP contribution >= 0.6 is 0 Å². The van der Waals surface area contributed by atoms with Crippen molar-refractivity contribution in [2.45, 2.75) is 26.1 Å². The maximum atomic E-state index is 12.9. The molecule has 3 rings (SSSR count). The Morgan fingerprint density at radius 1 is 1.13 bits per heavy atom. The molecule has 2 aromatic carbocycles. The molecule has 0 radical (unpaired) electrons. The lowest BCUT2D eigenvalue weighted by Gasteiger charge is -2.10. The molecule has 0 fully saturated rings. The molecule has 1 heterocycles. The van der Waals surface area contributed by atoms with Gasteiger partial charge in [-0.15, -0.1) is 0 Å². The van der Waals surface area contributed by atoms with Crippen molar-refractivity contribution >= 4 is 16.7 Å². The van der Waals surface area contributed by atoms with Gasteiger partial charge in [0.15, 0.2) is 0 Å². The number of nitrogen functional groups attached to an aromatic ring is 1. The Labute approximate surface area is 131 Å². The van der Waals surface area contributed by atoms with Crippen LogP contribution in [-0.2, 0) is 19.1 Å². The van der Waals surface area contributed by atoms with Crippen LogP contribution in [0.15, 0.2) is 42.5 Å².